The lowest BCUT2D eigenvalue weighted by Gasteiger charge is -2.21. The fraction of sp³-hybridized carbons (Fsp3) is 0.440. The molecule has 1 saturated carbocycles. The number of hydrogen-bond donors (Lipinski definition) is 0. The molecule has 1 aliphatic rings. The lowest BCUT2D eigenvalue weighted by atomic mass is 9.85. The van der Waals surface area contributed by atoms with E-state index in [0.717, 1.165) is 36.6 Å². The molecule has 1 fully saturated rings. The molecule has 1 aromatic heterocycles. The van der Waals surface area contributed by atoms with E-state index < -0.39 is 0 Å². The molecule has 0 amide bonds. The van der Waals surface area contributed by atoms with Crippen LogP contribution in [0.4, 0.5) is 0 Å². The summed E-state index contributed by atoms with van der Waals surface area (Å²) in [6, 6.07) is 15.0. The van der Waals surface area contributed by atoms with Crippen LogP contribution in [0.15, 0.2) is 47.6 Å². The molecule has 0 unspecified atom stereocenters. The molecule has 2 aromatic carbocycles. The Morgan fingerprint density at radius 3 is 2.59 bits per heavy atom. The standard InChI is InChI=1S/C25H30N2O2/c1-3-27-24-12-8-7-11-21(24)22-17-20(14-16-25(22)27)23(26-29-18(2)28)15-13-19-9-5-4-6-10-19/h7-8,11-12,14,16-17,19H,3-6,9-10,13,15H2,1-2H3/b26-23+. The third-order valence-electron chi connectivity index (χ3n) is 6.22. The second-order valence-corrected chi connectivity index (χ2v) is 8.16. The highest BCUT2D eigenvalue weighted by Crippen LogP contribution is 2.31. The Labute approximate surface area is 172 Å². The van der Waals surface area contributed by atoms with Crippen molar-refractivity contribution >= 4 is 33.5 Å². The number of rotatable bonds is 6. The molecule has 152 valence electrons. The van der Waals surface area contributed by atoms with E-state index in [1.807, 2.05) is 0 Å². The molecule has 0 N–H and O–H groups in total. The molecule has 1 aliphatic carbocycles. The molecule has 4 nitrogen and oxygen atoms in total. The molecule has 29 heavy (non-hydrogen) atoms. The lowest BCUT2D eigenvalue weighted by Crippen LogP contribution is -2.11. The molecule has 3 aromatic rings. The molecule has 0 aliphatic heterocycles. The van der Waals surface area contributed by atoms with Crippen LogP contribution in [-0.2, 0) is 16.2 Å². The van der Waals surface area contributed by atoms with Gasteiger partial charge in [-0.3, -0.25) is 0 Å². The average Bonchev–Trinajstić information content (AvgIpc) is 3.07. The van der Waals surface area contributed by atoms with Gasteiger partial charge in [0.2, 0.25) is 0 Å². The van der Waals surface area contributed by atoms with E-state index in [9.17, 15) is 4.79 Å². The van der Waals surface area contributed by atoms with Crippen molar-refractivity contribution in [1.29, 1.82) is 0 Å². The molecule has 0 bridgehead atoms. The molecule has 0 spiro atoms. The Morgan fingerprint density at radius 1 is 1.07 bits per heavy atom. The molecule has 4 heteroatoms. The van der Waals surface area contributed by atoms with E-state index in [1.165, 1.54) is 60.8 Å². The third-order valence-corrected chi connectivity index (χ3v) is 6.22. The Kier molecular flexibility index (Phi) is 5.98. The number of benzene rings is 2. The number of aromatic nitrogens is 1. The van der Waals surface area contributed by atoms with E-state index in [1.54, 1.807) is 0 Å². The lowest BCUT2D eigenvalue weighted by molar-refractivity contribution is -0.140. The van der Waals surface area contributed by atoms with Crippen molar-refractivity contribution in [2.24, 2.45) is 11.1 Å². The molecule has 1 heterocycles. The number of oxime groups is 1. The largest absolute Gasteiger partial charge is 0.341 e. The number of carbonyl (C=O) groups excluding carboxylic acids is 1. The number of hydrogen-bond acceptors (Lipinski definition) is 3. The zero-order chi connectivity index (χ0) is 20.2. The predicted octanol–water partition coefficient (Wildman–Crippen LogP) is 6.44. The number of nitrogens with zero attached hydrogens (tertiary/aromatic N) is 2. The Morgan fingerprint density at radius 2 is 1.83 bits per heavy atom. The summed E-state index contributed by atoms with van der Waals surface area (Å²) in [6.07, 6.45) is 8.61. The van der Waals surface area contributed by atoms with Gasteiger partial charge in [0.15, 0.2) is 0 Å². The third kappa shape index (κ3) is 4.21. The first-order valence-electron chi connectivity index (χ1n) is 10.9. The Bertz CT molecular complexity index is 1040. The van der Waals surface area contributed by atoms with Crippen molar-refractivity contribution < 1.29 is 9.63 Å². The highest BCUT2D eigenvalue weighted by atomic mass is 16.7. The zero-order valence-corrected chi connectivity index (χ0v) is 17.5. The SMILES string of the molecule is CCn1c2ccccc2c2cc(/C(CCC3CCCCC3)=N/OC(C)=O)ccc21. The first-order chi connectivity index (χ1) is 14.2. The zero-order valence-electron chi connectivity index (χ0n) is 17.5. The first kappa shape index (κ1) is 19.7. The van der Waals surface area contributed by atoms with Gasteiger partial charge in [0.25, 0.3) is 0 Å². The van der Waals surface area contributed by atoms with Gasteiger partial charge < -0.3 is 9.40 Å². The second kappa shape index (κ2) is 8.81. The summed E-state index contributed by atoms with van der Waals surface area (Å²) in [4.78, 5) is 16.5. The van der Waals surface area contributed by atoms with Crippen LogP contribution in [0.25, 0.3) is 21.8 Å². The van der Waals surface area contributed by atoms with E-state index >= 15 is 0 Å². The second-order valence-electron chi connectivity index (χ2n) is 8.16. The normalized spacial score (nSPS) is 15.9. The van der Waals surface area contributed by atoms with Gasteiger partial charge in [-0.25, -0.2) is 4.79 Å². The quantitative estimate of drug-likeness (QED) is 0.276. The van der Waals surface area contributed by atoms with Gasteiger partial charge >= 0.3 is 5.97 Å². The van der Waals surface area contributed by atoms with Gasteiger partial charge in [-0.15, -0.1) is 0 Å². The predicted molar refractivity (Wildman–Crippen MR) is 119 cm³/mol. The summed E-state index contributed by atoms with van der Waals surface area (Å²) < 4.78 is 2.35. The fourth-order valence-electron chi connectivity index (χ4n) is 4.75. The monoisotopic (exact) mass is 390 g/mol. The van der Waals surface area contributed by atoms with Gasteiger partial charge in [-0.2, -0.15) is 0 Å². The van der Waals surface area contributed by atoms with Crippen LogP contribution in [0.5, 0.6) is 0 Å². The number of aryl methyl sites for hydroxylation is 1. The van der Waals surface area contributed by atoms with E-state index in [4.69, 9.17) is 4.84 Å². The Balaban J connectivity index is 1.70. The topological polar surface area (TPSA) is 43.6 Å². The van der Waals surface area contributed by atoms with Gasteiger partial charge in [0, 0.05) is 40.8 Å². The van der Waals surface area contributed by atoms with Crippen molar-refractivity contribution in [3.05, 3.63) is 48.0 Å². The summed E-state index contributed by atoms with van der Waals surface area (Å²) in [5, 5.41) is 6.74. The van der Waals surface area contributed by atoms with Crippen molar-refractivity contribution in [1.82, 2.24) is 4.57 Å². The van der Waals surface area contributed by atoms with Crippen molar-refractivity contribution in [2.45, 2.75) is 65.3 Å². The van der Waals surface area contributed by atoms with Crippen LogP contribution in [0.1, 0.15) is 64.4 Å². The van der Waals surface area contributed by atoms with Crippen molar-refractivity contribution in [3.8, 4) is 0 Å². The van der Waals surface area contributed by atoms with Crippen molar-refractivity contribution in [3.63, 3.8) is 0 Å². The molecular formula is C25H30N2O2. The van der Waals surface area contributed by atoms with E-state index in [2.05, 4.69) is 59.1 Å². The van der Waals surface area contributed by atoms with E-state index in [-0.39, 0.29) is 5.97 Å². The maximum atomic E-state index is 11.4. The highest BCUT2D eigenvalue weighted by Gasteiger charge is 2.17. The van der Waals surface area contributed by atoms with Gasteiger partial charge in [-0.1, -0.05) is 61.5 Å². The van der Waals surface area contributed by atoms with Crippen molar-refractivity contribution in [2.75, 3.05) is 0 Å². The summed E-state index contributed by atoms with van der Waals surface area (Å²) in [7, 11) is 0. The van der Waals surface area contributed by atoms with Crippen LogP contribution in [0.3, 0.4) is 0 Å². The summed E-state index contributed by atoms with van der Waals surface area (Å²) >= 11 is 0. The molecule has 4 rings (SSSR count). The number of para-hydroxylation sites is 1. The Hall–Kier alpha value is -2.62. The minimum atomic E-state index is -0.371. The summed E-state index contributed by atoms with van der Waals surface area (Å²) in [5.41, 5.74) is 4.41. The van der Waals surface area contributed by atoms with Crippen LogP contribution < -0.4 is 0 Å². The van der Waals surface area contributed by atoms with Crippen LogP contribution in [-0.4, -0.2) is 16.2 Å². The summed E-state index contributed by atoms with van der Waals surface area (Å²) in [5.74, 6) is 0.390. The van der Waals surface area contributed by atoms with E-state index in [0.29, 0.717) is 0 Å². The van der Waals surface area contributed by atoms with Gasteiger partial charge in [0.1, 0.15) is 0 Å². The van der Waals surface area contributed by atoms with Crippen LogP contribution in [0.2, 0.25) is 0 Å². The smallest absolute Gasteiger partial charge is 0.331 e. The van der Waals surface area contributed by atoms with Crippen LogP contribution in [0, 0.1) is 5.92 Å². The minimum Gasteiger partial charge on any atom is -0.341 e. The fourth-order valence-corrected chi connectivity index (χ4v) is 4.75. The molecular weight excluding hydrogens is 360 g/mol. The summed E-state index contributed by atoms with van der Waals surface area (Å²) in [6.45, 7) is 4.51. The average molecular weight is 391 g/mol. The maximum Gasteiger partial charge on any atom is 0.331 e. The highest BCUT2D eigenvalue weighted by molar-refractivity contribution is 6.11. The maximum absolute atomic E-state index is 11.4. The first-order valence-corrected chi connectivity index (χ1v) is 10.9. The van der Waals surface area contributed by atoms with Gasteiger partial charge in [0.05, 0.1) is 5.71 Å². The van der Waals surface area contributed by atoms with Gasteiger partial charge in [-0.05, 0) is 43.9 Å². The number of carbonyl (C=O) groups is 1. The minimum absolute atomic E-state index is 0.371. The number of fused-ring (bicyclic) bond motifs is 3. The molecule has 0 atom stereocenters. The molecule has 0 saturated heterocycles. The molecule has 0 radical (unpaired) electrons. The van der Waals surface area contributed by atoms with Crippen LogP contribution >= 0.6 is 0 Å².